The minimum absolute atomic E-state index is 0.0555. The van der Waals surface area contributed by atoms with E-state index in [0.29, 0.717) is 37.5 Å². The molecule has 5 rings (SSSR count). The number of carbonyl (C=O) groups excluding carboxylic acids is 2. The van der Waals surface area contributed by atoms with Crippen LogP contribution in [-0.2, 0) is 11.2 Å². The van der Waals surface area contributed by atoms with Gasteiger partial charge in [-0.05, 0) is 51.9 Å². The van der Waals surface area contributed by atoms with Crippen molar-refractivity contribution < 1.29 is 9.59 Å². The van der Waals surface area contributed by atoms with Gasteiger partial charge < -0.3 is 4.90 Å². The average Bonchev–Trinajstić information content (AvgIpc) is 3.60. The normalized spacial score (nSPS) is 21.2. The third kappa shape index (κ3) is 4.03. The summed E-state index contributed by atoms with van der Waals surface area (Å²) in [6, 6.07) is 0. The van der Waals surface area contributed by atoms with Gasteiger partial charge in [-0.15, -0.1) is 0 Å². The smallest absolute Gasteiger partial charge is 0.274 e. The van der Waals surface area contributed by atoms with Gasteiger partial charge in [0.05, 0.1) is 11.9 Å². The molecule has 0 aromatic carbocycles. The summed E-state index contributed by atoms with van der Waals surface area (Å²) in [6.07, 6.45) is 8.61. The Labute approximate surface area is 182 Å². The Balaban J connectivity index is 1.40. The van der Waals surface area contributed by atoms with Gasteiger partial charge in [-0.25, -0.2) is 15.0 Å². The fourth-order valence-corrected chi connectivity index (χ4v) is 4.57. The lowest BCUT2D eigenvalue weighted by molar-refractivity contribution is -0.119. The number of fused-ring (bicyclic) bond motifs is 1. The van der Waals surface area contributed by atoms with E-state index in [1.165, 1.54) is 12.8 Å². The summed E-state index contributed by atoms with van der Waals surface area (Å²) in [5.74, 6) is 2.28. The van der Waals surface area contributed by atoms with Crippen LogP contribution < -0.4 is 4.90 Å². The third-order valence-electron chi connectivity index (χ3n) is 6.57. The van der Waals surface area contributed by atoms with Crippen LogP contribution in [0.4, 0.5) is 5.82 Å². The van der Waals surface area contributed by atoms with Gasteiger partial charge in [0.2, 0.25) is 5.91 Å². The zero-order valence-electron chi connectivity index (χ0n) is 18.2. The molecule has 0 radical (unpaired) electrons. The molecule has 0 unspecified atom stereocenters. The van der Waals surface area contributed by atoms with Crippen LogP contribution in [0, 0.1) is 19.8 Å². The Hall–Kier alpha value is -2.90. The number of aryl methyl sites for hydroxylation is 2. The van der Waals surface area contributed by atoms with E-state index in [-0.39, 0.29) is 17.7 Å². The lowest BCUT2D eigenvalue weighted by Crippen LogP contribution is -2.41. The molecule has 1 atom stereocenters. The fraction of sp³-hybridized carbons (Fsp3) is 0.565. The van der Waals surface area contributed by atoms with E-state index in [0.717, 1.165) is 48.0 Å². The van der Waals surface area contributed by atoms with Crippen molar-refractivity contribution in [3.05, 3.63) is 40.9 Å². The number of likely N-dealkylation sites (tertiary alicyclic amines) is 1. The molecule has 2 aliphatic heterocycles. The van der Waals surface area contributed by atoms with Crippen molar-refractivity contribution in [2.45, 2.75) is 58.3 Å². The largest absolute Gasteiger partial charge is 0.337 e. The minimum Gasteiger partial charge on any atom is -0.337 e. The number of aromatic nitrogens is 4. The number of anilines is 1. The molecule has 1 aliphatic carbocycles. The fourth-order valence-electron chi connectivity index (χ4n) is 4.57. The molecule has 8 nitrogen and oxygen atoms in total. The first-order valence-corrected chi connectivity index (χ1v) is 11.3. The van der Waals surface area contributed by atoms with Gasteiger partial charge in [0.15, 0.2) is 0 Å². The summed E-state index contributed by atoms with van der Waals surface area (Å²) >= 11 is 0. The quantitative estimate of drug-likeness (QED) is 0.755. The number of piperidine rings is 1. The molecular weight excluding hydrogens is 392 g/mol. The van der Waals surface area contributed by atoms with Gasteiger partial charge in [-0.2, -0.15) is 0 Å². The number of hydrogen-bond donors (Lipinski definition) is 0. The maximum absolute atomic E-state index is 12.9. The second-order valence-electron chi connectivity index (χ2n) is 9.05. The van der Waals surface area contributed by atoms with E-state index in [4.69, 9.17) is 9.97 Å². The summed E-state index contributed by atoms with van der Waals surface area (Å²) in [5, 5.41) is 0. The highest BCUT2D eigenvalue weighted by Crippen LogP contribution is 2.36. The molecule has 8 heteroatoms. The van der Waals surface area contributed by atoms with Gasteiger partial charge in [0.1, 0.15) is 17.3 Å². The summed E-state index contributed by atoms with van der Waals surface area (Å²) in [5.41, 5.74) is 3.22. The SMILES string of the molecule is Cc1cnc(C(=O)N2CCC[C@H](c3nc(C)c4c(n3)N(CC3CC3)C(=O)CC4)C2)cn1. The van der Waals surface area contributed by atoms with Crippen molar-refractivity contribution in [1.29, 1.82) is 0 Å². The van der Waals surface area contributed by atoms with Crippen molar-refractivity contribution >= 4 is 17.6 Å². The number of amides is 2. The summed E-state index contributed by atoms with van der Waals surface area (Å²) in [6.45, 7) is 5.89. The molecule has 1 saturated carbocycles. The average molecular weight is 421 g/mol. The van der Waals surface area contributed by atoms with Crippen LogP contribution in [0.3, 0.4) is 0 Å². The summed E-state index contributed by atoms with van der Waals surface area (Å²) < 4.78 is 0. The highest BCUT2D eigenvalue weighted by atomic mass is 16.2. The molecule has 0 bridgehead atoms. The molecule has 3 aliphatic rings. The first-order valence-electron chi connectivity index (χ1n) is 11.3. The second-order valence-corrected chi connectivity index (χ2v) is 9.05. The number of hydrogen-bond acceptors (Lipinski definition) is 6. The van der Waals surface area contributed by atoms with Gasteiger partial charge in [-0.3, -0.25) is 19.5 Å². The van der Waals surface area contributed by atoms with Crippen LogP contribution >= 0.6 is 0 Å². The summed E-state index contributed by atoms with van der Waals surface area (Å²) in [4.78, 5) is 47.5. The standard InChI is InChI=1S/C23H28N6O2/c1-14-10-25-19(11-24-14)23(31)28-9-3-4-17(13-28)21-26-15(2)18-7-8-20(30)29(22(18)27-21)12-16-5-6-16/h10-11,16-17H,3-9,12-13H2,1-2H3/t17-/m0/s1. The highest BCUT2D eigenvalue weighted by molar-refractivity contribution is 5.95. The molecule has 1 saturated heterocycles. The Morgan fingerprint density at radius 3 is 2.68 bits per heavy atom. The summed E-state index contributed by atoms with van der Waals surface area (Å²) in [7, 11) is 0. The Morgan fingerprint density at radius 1 is 1.10 bits per heavy atom. The molecular formula is C23H28N6O2. The lowest BCUT2D eigenvalue weighted by atomic mass is 9.95. The molecule has 0 N–H and O–H groups in total. The predicted octanol–water partition coefficient (Wildman–Crippen LogP) is 2.59. The first kappa shape index (κ1) is 20.0. The zero-order chi connectivity index (χ0) is 21.5. The van der Waals surface area contributed by atoms with E-state index in [1.54, 1.807) is 12.4 Å². The van der Waals surface area contributed by atoms with Crippen molar-refractivity contribution in [3.8, 4) is 0 Å². The van der Waals surface area contributed by atoms with Crippen molar-refractivity contribution in [2.24, 2.45) is 5.92 Å². The van der Waals surface area contributed by atoms with Crippen LogP contribution in [0.1, 0.15) is 71.3 Å². The molecule has 31 heavy (non-hydrogen) atoms. The number of carbonyl (C=O) groups is 2. The topological polar surface area (TPSA) is 92.2 Å². The van der Waals surface area contributed by atoms with Gasteiger partial charge in [0, 0.05) is 49.4 Å². The van der Waals surface area contributed by atoms with Crippen LogP contribution in [0.25, 0.3) is 0 Å². The predicted molar refractivity (Wildman–Crippen MR) is 115 cm³/mol. The first-order chi connectivity index (χ1) is 15.0. The van der Waals surface area contributed by atoms with Crippen LogP contribution in [0.15, 0.2) is 12.4 Å². The van der Waals surface area contributed by atoms with Crippen molar-refractivity contribution in [2.75, 3.05) is 24.5 Å². The molecule has 0 spiro atoms. The van der Waals surface area contributed by atoms with Gasteiger partial charge in [-0.1, -0.05) is 0 Å². The molecule has 162 valence electrons. The molecule has 2 fully saturated rings. The lowest BCUT2D eigenvalue weighted by Gasteiger charge is -2.34. The van der Waals surface area contributed by atoms with Crippen LogP contribution in [0.5, 0.6) is 0 Å². The Morgan fingerprint density at radius 2 is 1.94 bits per heavy atom. The molecule has 2 amide bonds. The van der Waals surface area contributed by atoms with Gasteiger partial charge in [0.25, 0.3) is 5.91 Å². The number of nitrogens with zero attached hydrogens (tertiary/aromatic N) is 6. The van der Waals surface area contributed by atoms with E-state index in [2.05, 4.69) is 9.97 Å². The van der Waals surface area contributed by atoms with E-state index in [1.807, 2.05) is 23.6 Å². The Kier molecular flexibility index (Phi) is 5.16. The second kappa shape index (κ2) is 7.98. The zero-order valence-corrected chi connectivity index (χ0v) is 18.2. The molecule has 2 aromatic heterocycles. The molecule has 4 heterocycles. The van der Waals surface area contributed by atoms with Crippen molar-refractivity contribution in [1.82, 2.24) is 24.8 Å². The van der Waals surface area contributed by atoms with Crippen molar-refractivity contribution in [3.63, 3.8) is 0 Å². The minimum atomic E-state index is -0.0996. The Bertz CT molecular complexity index is 1020. The maximum Gasteiger partial charge on any atom is 0.274 e. The third-order valence-corrected chi connectivity index (χ3v) is 6.57. The monoisotopic (exact) mass is 420 g/mol. The van der Waals surface area contributed by atoms with Crippen LogP contribution in [0.2, 0.25) is 0 Å². The maximum atomic E-state index is 12.9. The molecule has 2 aromatic rings. The van der Waals surface area contributed by atoms with E-state index >= 15 is 0 Å². The van der Waals surface area contributed by atoms with Gasteiger partial charge >= 0.3 is 0 Å². The van der Waals surface area contributed by atoms with E-state index < -0.39 is 0 Å². The van der Waals surface area contributed by atoms with Crippen LogP contribution in [-0.4, -0.2) is 56.3 Å². The number of rotatable bonds is 4. The highest BCUT2D eigenvalue weighted by Gasteiger charge is 2.35. The van der Waals surface area contributed by atoms with E-state index in [9.17, 15) is 9.59 Å².